The van der Waals surface area contributed by atoms with Crippen LogP contribution in [0, 0.1) is 0 Å². The van der Waals surface area contributed by atoms with Crippen molar-refractivity contribution >= 4 is 5.96 Å². The molecule has 0 spiro atoms. The Balaban J connectivity index is 1.55. The summed E-state index contributed by atoms with van der Waals surface area (Å²) in [5, 5.41) is 6.68. The van der Waals surface area contributed by atoms with Gasteiger partial charge in [0.1, 0.15) is 5.75 Å². The molecule has 2 aromatic carbocycles. The monoisotopic (exact) mass is 383 g/mol. The maximum Gasteiger partial charge on any atom is 0.191 e. The number of benzene rings is 2. The molecule has 0 fully saturated rings. The predicted molar refractivity (Wildman–Crippen MR) is 112 cm³/mol. The lowest BCUT2D eigenvalue weighted by Crippen LogP contribution is -2.38. The number of aliphatic imine (C=N–C) groups is 1. The number of ether oxygens (including phenoxy) is 3. The summed E-state index contributed by atoms with van der Waals surface area (Å²) < 4.78 is 16.6. The van der Waals surface area contributed by atoms with Gasteiger partial charge >= 0.3 is 0 Å². The van der Waals surface area contributed by atoms with E-state index in [4.69, 9.17) is 19.2 Å². The molecule has 0 aromatic heterocycles. The summed E-state index contributed by atoms with van der Waals surface area (Å²) in [5.41, 5.74) is 2.35. The Morgan fingerprint density at radius 1 is 1.00 bits per heavy atom. The number of nitrogens with zero attached hydrogens (tertiary/aromatic N) is 1. The van der Waals surface area contributed by atoms with E-state index in [1.165, 1.54) is 5.56 Å². The Morgan fingerprint density at radius 2 is 1.75 bits per heavy atom. The number of fused-ring (bicyclic) bond motifs is 1. The van der Waals surface area contributed by atoms with E-state index < -0.39 is 0 Å². The van der Waals surface area contributed by atoms with Crippen LogP contribution in [0.2, 0.25) is 0 Å². The molecule has 0 unspecified atom stereocenters. The minimum atomic E-state index is 0.578. The van der Waals surface area contributed by atoms with Crippen LogP contribution in [-0.2, 0) is 13.0 Å². The minimum absolute atomic E-state index is 0.578. The maximum atomic E-state index is 5.76. The van der Waals surface area contributed by atoms with Gasteiger partial charge < -0.3 is 24.8 Å². The predicted octanol–water partition coefficient (Wildman–Crippen LogP) is 3.15. The average molecular weight is 383 g/mol. The van der Waals surface area contributed by atoms with Crippen molar-refractivity contribution in [3.05, 3.63) is 53.6 Å². The Kier molecular flexibility index (Phi) is 7.41. The summed E-state index contributed by atoms with van der Waals surface area (Å²) in [7, 11) is 1.68. The zero-order valence-electron chi connectivity index (χ0n) is 16.7. The Labute approximate surface area is 166 Å². The molecule has 0 aliphatic carbocycles. The van der Waals surface area contributed by atoms with E-state index in [9.17, 15) is 0 Å². The van der Waals surface area contributed by atoms with Gasteiger partial charge in [-0.25, -0.2) is 4.99 Å². The van der Waals surface area contributed by atoms with Crippen LogP contribution in [0.15, 0.2) is 47.5 Å². The van der Waals surface area contributed by atoms with E-state index in [1.807, 2.05) is 30.3 Å². The quantitative estimate of drug-likeness (QED) is 0.568. The number of hydrogen-bond acceptors (Lipinski definition) is 4. The van der Waals surface area contributed by atoms with Crippen LogP contribution < -0.4 is 24.8 Å². The van der Waals surface area contributed by atoms with Crippen LogP contribution in [0.4, 0.5) is 0 Å². The fourth-order valence-corrected chi connectivity index (χ4v) is 2.94. The van der Waals surface area contributed by atoms with Crippen molar-refractivity contribution in [3.8, 4) is 17.2 Å². The van der Waals surface area contributed by atoms with Crippen LogP contribution in [0.1, 0.15) is 24.5 Å². The van der Waals surface area contributed by atoms with Crippen molar-refractivity contribution in [1.82, 2.24) is 10.6 Å². The molecule has 3 rings (SSSR count). The van der Waals surface area contributed by atoms with Crippen molar-refractivity contribution in [1.29, 1.82) is 0 Å². The van der Waals surface area contributed by atoms with Crippen molar-refractivity contribution in [2.75, 3.05) is 33.4 Å². The number of rotatable bonds is 7. The summed E-state index contributed by atoms with van der Waals surface area (Å²) in [6.45, 7) is 5.65. The van der Waals surface area contributed by atoms with Gasteiger partial charge in [-0.05, 0) is 48.7 Å². The first-order valence-electron chi connectivity index (χ1n) is 9.82. The van der Waals surface area contributed by atoms with Gasteiger partial charge in [0.05, 0.1) is 26.9 Å². The fraction of sp³-hybridized carbons (Fsp3) is 0.409. The topological polar surface area (TPSA) is 64.1 Å². The van der Waals surface area contributed by atoms with Gasteiger partial charge in [-0.2, -0.15) is 0 Å². The van der Waals surface area contributed by atoms with Crippen molar-refractivity contribution < 1.29 is 14.2 Å². The van der Waals surface area contributed by atoms with Gasteiger partial charge in [0.2, 0.25) is 0 Å². The molecule has 1 aliphatic rings. The number of hydrogen-bond donors (Lipinski definition) is 2. The summed E-state index contributed by atoms with van der Waals surface area (Å²) >= 11 is 0. The molecular weight excluding hydrogens is 354 g/mol. The van der Waals surface area contributed by atoms with Gasteiger partial charge in [0, 0.05) is 19.5 Å². The highest BCUT2D eigenvalue weighted by molar-refractivity contribution is 5.79. The van der Waals surface area contributed by atoms with Crippen LogP contribution in [0.25, 0.3) is 0 Å². The van der Waals surface area contributed by atoms with Crippen LogP contribution in [0.5, 0.6) is 17.2 Å². The summed E-state index contributed by atoms with van der Waals surface area (Å²) in [5.74, 6) is 3.31. The summed E-state index contributed by atoms with van der Waals surface area (Å²) in [6, 6.07) is 14.2. The molecule has 6 heteroatoms. The first kappa shape index (κ1) is 19.9. The van der Waals surface area contributed by atoms with E-state index in [-0.39, 0.29) is 0 Å². The number of methoxy groups -OCH3 is 1. The van der Waals surface area contributed by atoms with Gasteiger partial charge in [-0.1, -0.05) is 18.2 Å². The highest BCUT2D eigenvalue weighted by Gasteiger charge is 2.10. The Morgan fingerprint density at radius 3 is 2.50 bits per heavy atom. The average Bonchev–Trinajstić information content (AvgIpc) is 2.97. The second-order valence-electron chi connectivity index (χ2n) is 6.55. The second-order valence-corrected chi connectivity index (χ2v) is 6.55. The van der Waals surface area contributed by atoms with Crippen LogP contribution >= 0.6 is 0 Å². The third-order valence-electron chi connectivity index (χ3n) is 4.44. The number of guanidine groups is 1. The third kappa shape index (κ3) is 5.81. The standard InChI is InChI=1S/C22H29N3O3/c1-3-23-22(24-12-11-17-5-8-19(26-2)9-6-17)25-16-18-7-10-20-21(15-18)28-14-4-13-27-20/h5-10,15H,3-4,11-14,16H2,1-2H3,(H2,23,24,25). The first-order valence-corrected chi connectivity index (χ1v) is 9.82. The van der Waals surface area contributed by atoms with Crippen molar-refractivity contribution in [2.45, 2.75) is 26.3 Å². The van der Waals surface area contributed by atoms with Crippen molar-refractivity contribution in [3.63, 3.8) is 0 Å². The molecule has 0 bridgehead atoms. The molecule has 0 saturated heterocycles. The lowest BCUT2D eigenvalue weighted by Gasteiger charge is -2.12. The van der Waals surface area contributed by atoms with Gasteiger partial charge in [-0.15, -0.1) is 0 Å². The number of nitrogens with one attached hydrogen (secondary N) is 2. The van der Waals surface area contributed by atoms with Gasteiger partial charge in [0.15, 0.2) is 17.5 Å². The smallest absolute Gasteiger partial charge is 0.191 e. The maximum absolute atomic E-state index is 5.76. The molecule has 1 aliphatic heterocycles. The summed E-state index contributed by atoms with van der Waals surface area (Å²) in [6.07, 6.45) is 1.82. The van der Waals surface area contributed by atoms with Crippen LogP contribution in [-0.4, -0.2) is 39.4 Å². The SMILES string of the molecule is CCNC(=NCc1ccc2c(c1)OCCCO2)NCCc1ccc(OC)cc1. The highest BCUT2D eigenvalue weighted by atomic mass is 16.5. The van der Waals surface area contributed by atoms with E-state index in [2.05, 4.69) is 29.7 Å². The normalized spacial score (nSPS) is 13.6. The van der Waals surface area contributed by atoms with E-state index >= 15 is 0 Å². The molecule has 2 N–H and O–H groups in total. The van der Waals surface area contributed by atoms with Gasteiger partial charge in [-0.3, -0.25) is 0 Å². The second kappa shape index (κ2) is 10.4. The zero-order valence-corrected chi connectivity index (χ0v) is 16.7. The van der Waals surface area contributed by atoms with Gasteiger partial charge in [0.25, 0.3) is 0 Å². The van der Waals surface area contributed by atoms with E-state index in [0.29, 0.717) is 19.8 Å². The lowest BCUT2D eigenvalue weighted by atomic mass is 10.1. The molecule has 2 aromatic rings. The summed E-state index contributed by atoms with van der Waals surface area (Å²) in [4.78, 5) is 4.69. The first-order chi connectivity index (χ1) is 13.8. The van der Waals surface area contributed by atoms with Crippen molar-refractivity contribution in [2.24, 2.45) is 4.99 Å². The third-order valence-corrected chi connectivity index (χ3v) is 4.44. The molecule has 150 valence electrons. The lowest BCUT2D eigenvalue weighted by molar-refractivity contribution is 0.297. The molecule has 0 radical (unpaired) electrons. The molecule has 1 heterocycles. The largest absolute Gasteiger partial charge is 0.497 e. The van der Waals surface area contributed by atoms with E-state index in [0.717, 1.165) is 54.7 Å². The highest BCUT2D eigenvalue weighted by Crippen LogP contribution is 2.30. The minimum Gasteiger partial charge on any atom is -0.497 e. The molecule has 0 amide bonds. The molecule has 6 nitrogen and oxygen atoms in total. The molecule has 0 saturated carbocycles. The van der Waals surface area contributed by atoms with E-state index in [1.54, 1.807) is 7.11 Å². The fourth-order valence-electron chi connectivity index (χ4n) is 2.94. The Hall–Kier alpha value is -2.89. The zero-order chi connectivity index (χ0) is 19.6. The van der Waals surface area contributed by atoms with Crippen LogP contribution in [0.3, 0.4) is 0 Å². The Bertz CT molecular complexity index is 775. The molecule has 28 heavy (non-hydrogen) atoms. The molecular formula is C22H29N3O3. The molecule has 0 atom stereocenters.